The number of carbonyl (C=O) groups is 1. The van der Waals surface area contributed by atoms with Gasteiger partial charge in [-0.15, -0.1) is 24.0 Å². The van der Waals surface area contributed by atoms with E-state index in [0.29, 0.717) is 18.1 Å². The van der Waals surface area contributed by atoms with Crippen molar-refractivity contribution < 1.29 is 4.79 Å². The van der Waals surface area contributed by atoms with Gasteiger partial charge in [0.05, 0.1) is 0 Å². The molecule has 0 aliphatic carbocycles. The average Bonchev–Trinajstić information content (AvgIpc) is 2.56. The minimum atomic E-state index is -0.0871. The number of rotatable bonds is 5. The van der Waals surface area contributed by atoms with Crippen LogP contribution in [0, 0.1) is 6.92 Å². The number of benzene rings is 2. The Hall–Kier alpha value is -2.09. The minimum Gasteiger partial charge on any atom is -0.370 e. The Balaban J connectivity index is 0.00000288. The summed E-state index contributed by atoms with van der Waals surface area (Å²) in [5.74, 6) is 0.298. The van der Waals surface area contributed by atoms with Gasteiger partial charge in [0, 0.05) is 24.8 Å². The Morgan fingerprint density at radius 2 is 1.88 bits per heavy atom. The van der Waals surface area contributed by atoms with Gasteiger partial charge in [-0.25, -0.2) is 0 Å². The maximum atomic E-state index is 11.6. The normalized spacial score (nSPS) is 10.7. The summed E-state index contributed by atoms with van der Waals surface area (Å²) < 4.78 is 0. The van der Waals surface area contributed by atoms with E-state index < -0.39 is 0 Å². The zero-order chi connectivity index (χ0) is 16.7. The molecule has 0 atom stereocenters. The molecule has 0 aliphatic heterocycles. The van der Waals surface area contributed by atoms with Crippen molar-refractivity contribution in [1.82, 2.24) is 5.32 Å². The average molecular weight is 438 g/mol. The molecule has 0 aliphatic rings. The molecule has 6 heteroatoms. The van der Waals surface area contributed by atoms with Crippen molar-refractivity contribution >= 4 is 41.5 Å². The number of nitrogens with two attached hydrogens (primary N) is 1. The lowest BCUT2D eigenvalue weighted by molar-refractivity contribution is 0.0963. The minimum absolute atomic E-state index is 0. The molecule has 0 bridgehead atoms. The summed E-state index contributed by atoms with van der Waals surface area (Å²) in [5, 5.41) is 5.68. The molecular weight excluding hydrogens is 415 g/mol. The van der Waals surface area contributed by atoms with Crippen LogP contribution < -0.4 is 16.4 Å². The van der Waals surface area contributed by atoms with Gasteiger partial charge >= 0.3 is 0 Å². The van der Waals surface area contributed by atoms with Crippen molar-refractivity contribution in [1.29, 1.82) is 0 Å². The molecule has 2 aromatic carbocycles. The number of hydrogen-bond donors (Lipinski definition) is 3. The van der Waals surface area contributed by atoms with Crippen molar-refractivity contribution in [3.05, 3.63) is 65.2 Å². The van der Waals surface area contributed by atoms with Crippen LogP contribution in [-0.2, 0) is 6.42 Å². The highest BCUT2D eigenvalue weighted by Gasteiger charge is 2.03. The number of anilines is 1. The molecule has 2 aromatic rings. The second kappa shape index (κ2) is 9.92. The van der Waals surface area contributed by atoms with Crippen LogP contribution >= 0.6 is 24.0 Å². The summed E-state index contributed by atoms with van der Waals surface area (Å²) in [6.45, 7) is 2.59. The van der Waals surface area contributed by atoms with Gasteiger partial charge in [0.1, 0.15) is 0 Å². The Morgan fingerprint density at radius 1 is 1.17 bits per heavy atom. The molecule has 5 nitrogen and oxygen atoms in total. The van der Waals surface area contributed by atoms with Crippen LogP contribution in [0.25, 0.3) is 0 Å². The summed E-state index contributed by atoms with van der Waals surface area (Å²) >= 11 is 0. The van der Waals surface area contributed by atoms with Gasteiger partial charge in [-0.3, -0.25) is 9.79 Å². The van der Waals surface area contributed by atoms with E-state index in [9.17, 15) is 4.79 Å². The molecule has 24 heavy (non-hydrogen) atoms. The molecule has 0 fully saturated rings. The summed E-state index contributed by atoms with van der Waals surface area (Å²) in [4.78, 5) is 15.9. The first-order valence-electron chi connectivity index (χ1n) is 7.53. The fourth-order valence-electron chi connectivity index (χ4n) is 2.14. The van der Waals surface area contributed by atoms with Crippen molar-refractivity contribution in [2.75, 3.05) is 18.9 Å². The summed E-state index contributed by atoms with van der Waals surface area (Å²) in [6.07, 6.45) is 0.723. The summed E-state index contributed by atoms with van der Waals surface area (Å²) in [7, 11) is 1.62. The SMILES string of the molecule is CNC(=O)c1cccc(CCN=C(N)Nc2ccc(C)cc2)c1.I. The van der Waals surface area contributed by atoms with Crippen molar-refractivity contribution in [3.63, 3.8) is 0 Å². The maximum Gasteiger partial charge on any atom is 0.251 e. The van der Waals surface area contributed by atoms with E-state index in [0.717, 1.165) is 17.7 Å². The van der Waals surface area contributed by atoms with Crippen molar-refractivity contribution in [3.8, 4) is 0 Å². The quantitative estimate of drug-likeness (QED) is 0.382. The van der Waals surface area contributed by atoms with Gasteiger partial charge in [-0.05, 0) is 43.2 Å². The van der Waals surface area contributed by atoms with Crippen LogP contribution in [-0.4, -0.2) is 25.5 Å². The first kappa shape index (κ1) is 20.0. The third-order valence-electron chi connectivity index (χ3n) is 3.42. The molecule has 0 heterocycles. The lowest BCUT2D eigenvalue weighted by Gasteiger charge is -2.06. The molecule has 2 rings (SSSR count). The van der Waals surface area contributed by atoms with Crippen molar-refractivity contribution in [2.24, 2.45) is 10.7 Å². The van der Waals surface area contributed by atoms with Gasteiger partial charge in [0.2, 0.25) is 0 Å². The third kappa shape index (κ3) is 6.19. The smallest absolute Gasteiger partial charge is 0.251 e. The number of amides is 1. The number of aliphatic imine (C=N–C) groups is 1. The van der Waals surface area contributed by atoms with Gasteiger partial charge in [-0.1, -0.05) is 29.8 Å². The highest BCUT2D eigenvalue weighted by Crippen LogP contribution is 2.08. The van der Waals surface area contributed by atoms with Crippen LogP contribution in [0.3, 0.4) is 0 Å². The molecular formula is C18H23IN4O. The van der Waals surface area contributed by atoms with Crippen LogP contribution in [0.4, 0.5) is 5.69 Å². The number of nitrogens with zero attached hydrogens (tertiary/aromatic N) is 1. The van der Waals surface area contributed by atoms with Gasteiger partial charge in [-0.2, -0.15) is 0 Å². The van der Waals surface area contributed by atoms with E-state index in [4.69, 9.17) is 5.73 Å². The monoisotopic (exact) mass is 438 g/mol. The highest BCUT2D eigenvalue weighted by atomic mass is 127. The number of guanidine groups is 1. The van der Waals surface area contributed by atoms with Crippen LogP contribution in [0.1, 0.15) is 21.5 Å². The molecule has 128 valence electrons. The topological polar surface area (TPSA) is 79.5 Å². The first-order valence-corrected chi connectivity index (χ1v) is 7.53. The van der Waals surface area contributed by atoms with E-state index in [1.165, 1.54) is 5.56 Å². The van der Waals surface area contributed by atoms with Crippen molar-refractivity contribution in [2.45, 2.75) is 13.3 Å². The second-order valence-electron chi connectivity index (χ2n) is 5.29. The van der Waals surface area contributed by atoms with Gasteiger partial charge in [0.15, 0.2) is 5.96 Å². The number of hydrogen-bond acceptors (Lipinski definition) is 2. The largest absolute Gasteiger partial charge is 0.370 e. The van der Waals surface area contributed by atoms with Crippen LogP contribution in [0.5, 0.6) is 0 Å². The summed E-state index contributed by atoms with van der Waals surface area (Å²) in [6, 6.07) is 15.5. The fourth-order valence-corrected chi connectivity index (χ4v) is 2.14. The second-order valence-corrected chi connectivity index (χ2v) is 5.29. The lowest BCUT2D eigenvalue weighted by Crippen LogP contribution is -2.23. The molecule has 0 aromatic heterocycles. The standard InChI is InChI=1S/C18H22N4O.HI/c1-13-6-8-16(9-7-13)22-18(19)21-11-10-14-4-3-5-15(12-14)17(23)20-2;/h3-9,12H,10-11H2,1-2H3,(H,20,23)(H3,19,21,22);1H. The van der Waals surface area contributed by atoms with E-state index in [1.807, 2.05) is 49.4 Å². The Kier molecular flexibility index (Phi) is 8.25. The molecule has 0 saturated carbocycles. The van der Waals surface area contributed by atoms with Crippen LogP contribution in [0.2, 0.25) is 0 Å². The lowest BCUT2D eigenvalue weighted by atomic mass is 10.1. The number of carbonyl (C=O) groups excluding carboxylic acids is 1. The Morgan fingerprint density at radius 3 is 2.54 bits per heavy atom. The highest BCUT2D eigenvalue weighted by molar-refractivity contribution is 14.0. The molecule has 0 unspecified atom stereocenters. The first-order chi connectivity index (χ1) is 11.1. The molecule has 0 spiro atoms. The zero-order valence-electron chi connectivity index (χ0n) is 13.9. The predicted molar refractivity (Wildman–Crippen MR) is 110 cm³/mol. The van der Waals surface area contributed by atoms with E-state index in [1.54, 1.807) is 13.1 Å². The van der Waals surface area contributed by atoms with E-state index >= 15 is 0 Å². The molecule has 4 N–H and O–H groups in total. The number of aryl methyl sites for hydroxylation is 1. The fraction of sp³-hybridized carbons (Fsp3) is 0.222. The molecule has 0 radical (unpaired) electrons. The number of nitrogens with one attached hydrogen (secondary N) is 2. The summed E-state index contributed by atoms with van der Waals surface area (Å²) in [5.41, 5.74) is 9.70. The van der Waals surface area contributed by atoms with Gasteiger partial charge in [0.25, 0.3) is 5.91 Å². The van der Waals surface area contributed by atoms with E-state index in [-0.39, 0.29) is 29.9 Å². The molecule has 0 saturated heterocycles. The van der Waals surface area contributed by atoms with E-state index in [2.05, 4.69) is 15.6 Å². The number of halogens is 1. The van der Waals surface area contributed by atoms with Gasteiger partial charge < -0.3 is 16.4 Å². The third-order valence-corrected chi connectivity index (χ3v) is 3.42. The molecule has 1 amide bonds. The zero-order valence-corrected chi connectivity index (χ0v) is 16.2. The predicted octanol–water partition coefficient (Wildman–Crippen LogP) is 2.94. The Labute approximate surface area is 159 Å². The van der Waals surface area contributed by atoms with Crippen LogP contribution in [0.15, 0.2) is 53.5 Å². The Bertz CT molecular complexity index is 698. The maximum absolute atomic E-state index is 11.6.